The number of ketones is 1. The summed E-state index contributed by atoms with van der Waals surface area (Å²) in [7, 11) is 0. The van der Waals surface area contributed by atoms with Crippen LogP contribution in [0.1, 0.15) is 33.5 Å². The Morgan fingerprint density at radius 2 is 1.95 bits per heavy atom. The van der Waals surface area contributed by atoms with Crippen molar-refractivity contribution < 1.29 is 18.3 Å². The van der Waals surface area contributed by atoms with Gasteiger partial charge in [-0.05, 0) is 43.0 Å². The van der Waals surface area contributed by atoms with Gasteiger partial charge in [0.05, 0.1) is 17.7 Å². The maximum absolute atomic E-state index is 13.9. The molecule has 0 fully saturated rings. The molecular formula is C17H14F2O2. The van der Waals surface area contributed by atoms with Crippen LogP contribution in [-0.4, -0.2) is 12.4 Å². The first-order chi connectivity index (χ1) is 10.1. The molecule has 0 radical (unpaired) electrons. The first-order valence-electron chi connectivity index (χ1n) is 6.83. The molecule has 0 aliphatic carbocycles. The fourth-order valence-electron chi connectivity index (χ4n) is 2.54. The van der Waals surface area contributed by atoms with Crippen molar-refractivity contribution >= 4 is 5.78 Å². The predicted molar refractivity (Wildman–Crippen MR) is 74.8 cm³/mol. The Bertz CT molecular complexity index is 723. The number of rotatable bonds is 2. The van der Waals surface area contributed by atoms with E-state index in [1.165, 1.54) is 13.0 Å². The SMILES string of the molecule is Cc1cc(C(=O)c2cccc3c2OCCC3)c(F)cc1F. The van der Waals surface area contributed by atoms with E-state index in [1.54, 1.807) is 12.1 Å². The van der Waals surface area contributed by atoms with Gasteiger partial charge in [0, 0.05) is 6.07 Å². The van der Waals surface area contributed by atoms with Crippen molar-refractivity contribution in [3.63, 3.8) is 0 Å². The minimum Gasteiger partial charge on any atom is -0.493 e. The summed E-state index contributed by atoms with van der Waals surface area (Å²) in [5.41, 5.74) is 1.39. The van der Waals surface area contributed by atoms with E-state index < -0.39 is 17.4 Å². The van der Waals surface area contributed by atoms with Crippen molar-refractivity contribution in [1.29, 1.82) is 0 Å². The first kappa shape index (κ1) is 13.7. The number of hydrogen-bond acceptors (Lipinski definition) is 2. The van der Waals surface area contributed by atoms with Gasteiger partial charge in [-0.2, -0.15) is 0 Å². The molecule has 2 aromatic carbocycles. The van der Waals surface area contributed by atoms with Gasteiger partial charge in [0.25, 0.3) is 0 Å². The van der Waals surface area contributed by atoms with Gasteiger partial charge >= 0.3 is 0 Å². The second-order valence-corrected chi connectivity index (χ2v) is 5.16. The van der Waals surface area contributed by atoms with E-state index in [4.69, 9.17) is 4.74 Å². The van der Waals surface area contributed by atoms with E-state index in [0.717, 1.165) is 24.5 Å². The largest absolute Gasteiger partial charge is 0.493 e. The van der Waals surface area contributed by atoms with Gasteiger partial charge in [-0.3, -0.25) is 4.79 Å². The second-order valence-electron chi connectivity index (χ2n) is 5.16. The minimum absolute atomic E-state index is 0.128. The Morgan fingerprint density at radius 1 is 1.14 bits per heavy atom. The van der Waals surface area contributed by atoms with Crippen LogP contribution < -0.4 is 4.74 Å². The van der Waals surface area contributed by atoms with Crippen molar-refractivity contribution in [3.05, 3.63) is 64.2 Å². The van der Waals surface area contributed by atoms with Gasteiger partial charge in [0.2, 0.25) is 0 Å². The van der Waals surface area contributed by atoms with Gasteiger partial charge in [0.1, 0.15) is 17.4 Å². The van der Waals surface area contributed by atoms with E-state index >= 15 is 0 Å². The number of aryl methyl sites for hydroxylation is 2. The lowest BCUT2D eigenvalue weighted by molar-refractivity contribution is 0.103. The maximum Gasteiger partial charge on any atom is 0.199 e. The summed E-state index contributed by atoms with van der Waals surface area (Å²) >= 11 is 0. The molecule has 2 aromatic rings. The minimum atomic E-state index is -0.850. The summed E-state index contributed by atoms with van der Waals surface area (Å²) in [6.45, 7) is 2.05. The normalized spacial score (nSPS) is 13.5. The van der Waals surface area contributed by atoms with E-state index in [0.29, 0.717) is 17.9 Å². The van der Waals surface area contributed by atoms with Crippen LogP contribution in [0.2, 0.25) is 0 Å². The summed E-state index contributed by atoms with van der Waals surface area (Å²) in [6.07, 6.45) is 1.73. The number of carbonyl (C=O) groups excluding carboxylic acids is 1. The number of fused-ring (bicyclic) bond motifs is 1. The first-order valence-corrected chi connectivity index (χ1v) is 6.83. The number of hydrogen-bond donors (Lipinski definition) is 0. The highest BCUT2D eigenvalue weighted by molar-refractivity contribution is 6.11. The number of halogens is 2. The quantitative estimate of drug-likeness (QED) is 0.785. The highest BCUT2D eigenvalue weighted by atomic mass is 19.1. The lowest BCUT2D eigenvalue weighted by atomic mass is 9.96. The lowest BCUT2D eigenvalue weighted by Crippen LogP contribution is -2.14. The third-order valence-corrected chi connectivity index (χ3v) is 3.67. The van der Waals surface area contributed by atoms with Gasteiger partial charge < -0.3 is 4.74 Å². The topological polar surface area (TPSA) is 26.3 Å². The molecule has 21 heavy (non-hydrogen) atoms. The monoisotopic (exact) mass is 288 g/mol. The molecule has 0 spiro atoms. The zero-order valence-electron chi connectivity index (χ0n) is 11.6. The fourth-order valence-corrected chi connectivity index (χ4v) is 2.54. The van der Waals surface area contributed by atoms with Gasteiger partial charge in [-0.1, -0.05) is 12.1 Å². The molecule has 0 saturated carbocycles. The van der Waals surface area contributed by atoms with E-state index in [2.05, 4.69) is 0 Å². The zero-order chi connectivity index (χ0) is 15.0. The summed E-state index contributed by atoms with van der Waals surface area (Å²) < 4.78 is 32.8. The molecule has 0 aromatic heterocycles. The van der Waals surface area contributed by atoms with Crippen molar-refractivity contribution in [2.45, 2.75) is 19.8 Å². The van der Waals surface area contributed by atoms with Crippen molar-refractivity contribution in [2.24, 2.45) is 0 Å². The van der Waals surface area contributed by atoms with Crippen LogP contribution >= 0.6 is 0 Å². The van der Waals surface area contributed by atoms with Crippen LogP contribution in [0.25, 0.3) is 0 Å². The molecule has 108 valence electrons. The third-order valence-electron chi connectivity index (χ3n) is 3.67. The zero-order valence-corrected chi connectivity index (χ0v) is 11.6. The number of carbonyl (C=O) groups is 1. The molecule has 4 heteroatoms. The molecule has 1 aliphatic rings. The molecule has 0 amide bonds. The fraction of sp³-hybridized carbons (Fsp3) is 0.235. The van der Waals surface area contributed by atoms with Gasteiger partial charge in [-0.25, -0.2) is 8.78 Å². The molecule has 3 rings (SSSR count). The van der Waals surface area contributed by atoms with Crippen LogP contribution in [0.15, 0.2) is 30.3 Å². The average Bonchev–Trinajstić information content (AvgIpc) is 2.49. The van der Waals surface area contributed by atoms with Crippen LogP contribution in [-0.2, 0) is 6.42 Å². The maximum atomic E-state index is 13.9. The Hall–Kier alpha value is -2.23. The Kier molecular flexibility index (Phi) is 3.45. The Balaban J connectivity index is 2.09. The summed E-state index contributed by atoms with van der Waals surface area (Å²) in [5, 5.41) is 0. The molecule has 1 heterocycles. The summed E-state index contributed by atoms with van der Waals surface area (Å²) in [6, 6.07) is 7.27. The van der Waals surface area contributed by atoms with Gasteiger partial charge in [0.15, 0.2) is 5.78 Å². The smallest absolute Gasteiger partial charge is 0.199 e. The predicted octanol–water partition coefficient (Wildman–Crippen LogP) is 3.83. The Labute approximate surface area is 121 Å². The lowest BCUT2D eigenvalue weighted by Gasteiger charge is -2.19. The highest BCUT2D eigenvalue weighted by Gasteiger charge is 2.23. The van der Waals surface area contributed by atoms with Crippen LogP contribution in [0.3, 0.4) is 0 Å². The number of ether oxygens (including phenoxy) is 1. The molecular weight excluding hydrogens is 274 g/mol. The molecule has 2 nitrogen and oxygen atoms in total. The van der Waals surface area contributed by atoms with E-state index in [1.807, 2.05) is 6.07 Å². The number of para-hydroxylation sites is 1. The van der Waals surface area contributed by atoms with E-state index in [9.17, 15) is 13.6 Å². The highest BCUT2D eigenvalue weighted by Crippen LogP contribution is 2.31. The van der Waals surface area contributed by atoms with Crippen LogP contribution in [0, 0.1) is 18.6 Å². The van der Waals surface area contributed by atoms with Crippen molar-refractivity contribution in [1.82, 2.24) is 0 Å². The molecule has 0 bridgehead atoms. The molecule has 1 aliphatic heterocycles. The Morgan fingerprint density at radius 3 is 2.76 bits per heavy atom. The van der Waals surface area contributed by atoms with Crippen molar-refractivity contribution in [2.75, 3.05) is 6.61 Å². The molecule has 0 atom stereocenters. The second kappa shape index (κ2) is 5.28. The van der Waals surface area contributed by atoms with Gasteiger partial charge in [-0.15, -0.1) is 0 Å². The summed E-state index contributed by atoms with van der Waals surface area (Å²) in [5.74, 6) is -1.46. The third kappa shape index (κ3) is 2.42. The van der Waals surface area contributed by atoms with Crippen LogP contribution in [0.5, 0.6) is 5.75 Å². The average molecular weight is 288 g/mol. The molecule has 0 unspecified atom stereocenters. The van der Waals surface area contributed by atoms with E-state index in [-0.39, 0.29) is 11.1 Å². The standard InChI is InChI=1S/C17H14F2O2/c1-10-8-13(15(19)9-14(10)18)16(20)12-6-2-4-11-5-3-7-21-17(11)12/h2,4,6,8-9H,3,5,7H2,1H3. The van der Waals surface area contributed by atoms with Crippen molar-refractivity contribution in [3.8, 4) is 5.75 Å². The molecule has 0 saturated heterocycles. The summed E-state index contributed by atoms with van der Waals surface area (Å²) in [4.78, 5) is 12.6. The van der Waals surface area contributed by atoms with Crippen LogP contribution in [0.4, 0.5) is 8.78 Å². The molecule has 0 N–H and O–H groups in total. The number of benzene rings is 2.